The average Bonchev–Trinajstić information content (AvgIpc) is 2.43. The molecule has 0 spiro atoms. The first-order valence-electron chi connectivity index (χ1n) is 7.16. The highest BCUT2D eigenvalue weighted by Crippen LogP contribution is 2.19. The van der Waals surface area contributed by atoms with E-state index in [0.717, 1.165) is 0 Å². The van der Waals surface area contributed by atoms with Gasteiger partial charge in [0.2, 0.25) is 5.91 Å². The first kappa shape index (κ1) is 17.8. The number of nitrogens with zero attached hydrogens (tertiary/aromatic N) is 2. The first-order valence-corrected chi connectivity index (χ1v) is 7.16. The normalized spacial score (nSPS) is 18.1. The minimum Gasteiger partial charge on any atom is -0.444 e. The van der Waals surface area contributed by atoms with Crippen molar-refractivity contribution in [2.75, 3.05) is 13.1 Å². The summed E-state index contributed by atoms with van der Waals surface area (Å²) < 4.78 is 5.28. The van der Waals surface area contributed by atoms with Crippen LogP contribution in [0.1, 0.15) is 40.0 Å². The summed E-state index contributed by atoms with van der Waals surface area (Å²) in [6, 6.07) is 1.68. The summed E-state index contributed by atoms with van der Waals surface area (Å²) in [4.78, 5) is 36.6. The lowest BCUT2D eigenvalue weighted by Gasteiger charge is -2.33. The molecule has 0 bridgehead atoms. The van der Waals surface area contributed by atoms with Crippen LogP contribution in [0.3, 0.4) is 0 Å². The Kier molecular flexibility index (Phi) is 6.16. The molecular formula is C14H22N4O4. The van der Waals surface area contributed by atoms with Crippen LogP contribution in [0.5, 0.6) is 0 Å². The van der Waals surface area contributed by atoms with E-state index in [1.807, 2.05) is 0 Å². The van der Waals surface area contributed by atoms with Gasteiger partial charge in [-0.25, -0.2) is 4.79 Å². The molecule has 1 heterocycles. The third-order valence-corrected chi connectivity index (χ3v) is 3.01. The van der Waals surface area contributed by atoms with Crippen molar-refractivity contribution in [3.8, 4) is 6.07 Å². The zero-order chi connectivity index (χ0) is 16.8. The predicted octanol–water partition coefficient (Wildman–Crippen LogP) is 0.695. The molecule has 8 heteroatoms. The van der Waals surface area contributed by atoms with Crippen molar-refractivity contribution < 1.29 is 19.1 Å². The Morgan fingerprint density at radius 1 is 1.32 bits per heavy atom. The molecule has 1 unspecified atom stereocenters. The number of amides is 3. The Labute approximate surface area is 129 Å². The van der Waals surface area contributed by atoms with Gasteiger partial charge in [0.1, 0.15) is 12.0 Å². The SMILES string of the molecule is CC(C)(C)OC(=O)N1CCCC(C(=O)NNC(=O)CC#N)C1. The number of carbonyl (C=O) groups is 3. The van der Waals surface area contributed by atoms with E-state index < -0.39 is 23.5 Å². The fourth-order valence-electron chi connectivity index (χ4n) is 2.03. The second kappa shape index (κ2) is 7.64. The van der Waals surface area contributed by atoms with Crippen molar-refractivity contribution in [1.82, 2.24) is 15.8 Å². The predicted molar refractivity (Wildman–Crippen MR) is 77.0 cm³/mol. The first-order chi connectivity index (χ1) is 10.2. The molecule has 0 aromatic carbocycles. The fourth-order valence-corrected chi connectivity index (χ4v) is 2.03. The molecule has 0 aromatic heterocycles. The molecule has 0 aliphatic carbocycles. The van der Waals surface area contributed by atoms with Gasteiger partial charge in [0, 0.05) is 13.1 Å². The van der Waals surface area contributed by atoms with Crippen LogP contribution < -0.4 is 10.9 Å². The van der Waals surface area contributed by atoms with Crippen LogP contribution in [0, 0.1) is 17.2 Å². The van der Waals surface area contributed by atoms with Crippen LogP contribution >= 0.6 is 0 Å². The standard InChI is InChI=1S/C14H22N4O4/c1-14(2,3)22-13(21)18-8-4-5-10(9-18)12(20)17-16-11(19)6-7-15/h10H,4-6,8-9H2,1-3H3,(H,16,19)(H,17,20). The molecule has 22 heavy (non-hydrogen) atoms. The molecule has 1 fully saturated rings. The van der Waals surface area contributed by atoms with E-state index >= 15 is 0 Å². The summed E-state index contributed by atoms with van der Waals surface area (Å²) in [6.07, 6.45) is 0.538. The zero-order valence-corrected chi connectivity index (χ0v) is 13.1. The molecule has 8 nitrogen and oxygen atoms in total. The monoisotopic (exact) mass is 310 g/mol. The lowest BCUT2D eigenvalue weighted by atomic mass is 9.98. The summed E-state index contributed by atoms with van der Waals surface area (Å²) in [6.45, 7) is 6.13. The lowest BCUT2D eigenvalue weighted by Crippen LogP contribution is -2.50. The minimum absolute atomic E-state index is 0.245. The van der Waals surface area contributed by atoms with Crippen molar-refractivity contribution in [2.24, 2.45) is 5.92 Å². The van der Waals surface area contributed by atoms with E-state index in [1.54, 1.807) is 26.8 Å². The molecule has 122 valence electrons. The molecule has 0 radical (unpaired) electrons. The molecule has 2 N–H and O–H groups in total. The van der Waals surface area contributed by atoms with E-state index in [0.29, 0.717) is 19.4 Å². The highest BCUT2D eigenvalue weighted by molar-refractivity contribution is 5.84. The van der Waals surface area contributed by atoms with Crippen molar-refractivity contribution in [3.63, 3.8) is 0 Å². The third kappa shape index (κ3) is 5.99. The molecule has 1 rings (SSSR count). The summed E-state index contributed by atoms with van der Waals surface area (Å²) in [5.41, 5.74) is 3.86. The quantitative estimate of drug-likeness (QED) is 0.729. The molecule has 1 aliphatic rings. The van der Waals surface area contributed by atoms with Crippen molar-refractivity contribution in [3.05, 3.63) is 0 Å². The minimum atomic E-state index is -0.586. The van der Waals surface area contributed by atoms with Gasteiger partial charge in [-0.3, -0.25) is 20.4 Å². The molecular weight excluding hydrogens is 288 g/mol. The number of rotatable bonds is 2. The molecule has 3 amide bonds. The number of piperidine rings is 1. The van der Waals surface area contributed by atoms with Crippen molar-refractivity contribution >= 4 is 17.9 Å². The van der Waals surface area contributed by atoms with Gasteiger partial charge < -0.3 is 9.64 Å². The Balaban J connectivity index is 2.49. The molecule has 1 aliphatic heterocycles. The number of hydrogen-bond donors (Lipinski definition) is 2. The zero-order valence-electron chi connectivity index (χ0n) is 13.1. The second-order valence-electron chi connectivity index (χ2n) is 6.14. The van der Waals surface area contributed by atoms with Gasteiger partial charge in [0.05, 0.1) is 12.0 Å². The summed E-state index contributed by atoms with van der Waals surface area (Å²) in [5, 5.41) is 8.36. The number of hydrogen-bond acceptors (Lipinski definition) is 5. The largest absolute Gasteiger partial charge is 0.444 e. The van der Waals surface area contributed by atoms with Crippen molar-refractivity contribution in [1.29, 1.82) is 5.26 Å². The van der Waals surface area contributed by atoms with Crippen LogP contribution in [0.25, 0.3) is 0 Å². The average molecular weight is 310 g/mol. The highest BCUT2D eigenvalue weighted by atomic mass is 16.6. The number of ether oxygens (including phenoxy) is 1. The molecule has 0 aromatic rings. The Bertz CT molecular complexity index is 478. The molecule has 1 atom stereocenters. The molecule has 0 saturated carbocycles. The van der Waals surface area contributed by atoms with Gasteiger partial charge in [-0.2, -0.15) is 5.26 Å². The number of nitrogens with one attached hydrogen (secondary N) is 2. The van der Waals surface area contributed by atoms with Crippen LogP contribution in [0.4, 0.5) is 4.79 Å². The fraction of sp³-hybridized carbons (Fsp3) is 0.714. The summed E-state index contributed by atoms with van der Waals surface area (Å²) >= 11 is 0. The Morgan fingerprint density at radius 3 is 2.59 bits per heavy atom. The Morgan fingerprint density at radius 2 is 2.00 bits per heavy atom. The maximum absolute atomic E-state index is 12.0. The van der Waals surface area contributed by atoms with Crippen LogP contribution in [0.15, 0.2) is 0 Å². The van der Waals surface area contributed by atoms with Crippen LogP contribution in [-0.4, -0.2) is 41.5 Å². The highest BCUT2D eigenvalue weighted by Gasteiger charge is 2.31. The van der Waals surface area contributed by atoms with E-state index in [4.69, 9.17) is 10.00 Å². The van der Waals surface area contributed by atoms with Gasteiger partial charge >= 0.3 is 6.09 Å². The third-order valence-electron chi connectivity index (χ3n) is 3.01. The second-order valence-corrected chi connectivity index (χ2v) is 6.14. The van der Waals surface area contributed by atoms with Gasteiger partial charge in [0.25, 0.3) is 5.91 Å². The van der Waals surface area contributed by atoms with Crippen molar-refractivity contribution in [2.45, 2.75) is 45.6 Å². The van der Waals surface area contributed by atoms with Gasteiger partial charge in [-0.05, 0) is 33.6 Å². The van der Waals surface area contributed by atoms with Crippen LogP contribution in [-0.2, 0) is 14.3 Å². The smallest absolute Gasteiger partial charge is 0.410 e. The Hall–Kier alpha value is -2.30. The van der Waals surface area contributed by atoms with E-state index in [1.165, 1.54) is 4.90 Å². The van der Waals surface area contributed by atoms with E-state index in [-0.39, 0.29) is 18.9 Å². The number of likely N-dealkylation sites (tertiary alicyclic amines) is 1. The topological polar surface area (TPSA) is 112 Å². The maximum Gasteiger partial charge on any atom is 0.410 e. The van der Waals surface area contributed by atoms with E-state index in [2.05, 4.69) is 10.9 Å². The maximum atomic E-state index is 12.0. The molecule has 1 saturated heterocycles. The van der Waals surface area contributed by atoms with Gasteiger partial charge in [-0.1, -0.05) is 0 Å². The number of nitriles is 1. The van der Waals surface area contributed by atoms with Crippen LogP contribution in [0.2, 0.25) is 0 Å². The summed E-state index contributed by atoms with van der Waals surface area (Å²) in [7, 11) is 0. The lowest BCUT2D eigenvalue weighted by molar-refractivity contribution is -0.132. The van der Waals surface area contributed by atoms with Gasteiger partial charge in [-0.15, -0.1) is 0 Å². The number of hydrazine groups is 1. The van der Waals surface area contributed by atoms with Gasteiger partial charge in [0.15, 0.2) is 0 Å². The summed E-state index contributed by atoms with van der Waals surface area (Å²) in [5.74, 6) is -1.36. The number of carbonyl (C=O) groups excluding carboxylic acids is 3. The van der Waals surface area contributed by atoms with E-state index in [9.17, 15) is 14.4 Å².